The number of nitrogens with two attached hydrogens (primary N) is 1. The molecule has 0 atom stereocenters. The maximum absolute atomic E-state index is 11.6. The number of hydrogen-bond donors (Lipinski definition) is 2. The highest BCUT2D eigenvalue weighted by Crippen LogP contribution is 2.34. The first-order valence-corrected chi connectivity index (χ1v) is 5.25. The second-order valence-electron chi connectivity index (χ2n) is 4.09. The minimum atomic E-state index is -0.659. The van der Waals surface area contributed by atoms with Gasteiger partial charge in [-0.2, -0.15) is 0 Å². The quantitative estimate of drug-likeness (QED) is 0.859. The van der Waals surface area contributed by atoms with Gasteiger partial charge in [0.15, 0.2) is 0 Å². The zero-order chi connectivity index (χ0) is 11.1. The summed E-state index contributed by atoms with van der Waals surface area (Å²) in [4.78, 5) is 11.6. The van der Waals surface area contributed by atoms with Gasteiger partial charge in [-0.25, -0.2) is 0 Å². The number of rotatable bonds is 2. The predicted octanol–water partition coefficient (Wildman–Crippen LogP) is 2.50. The van der Waals surface area contributed by atoms with Gasteiger partial charge in [-0.1, -0.05) is 17.7 Å². The molecule has 0 unspecified atom stereocenters. The third kappa shape index (κ3) is 2.67. The Kier molecular flexibility index (Phi) is 3.84. The van der Waals surface area contributed by atoms with Crippen molar-refractivity contribution in [3.63, 3.8) is 0 Å². The van der Waals surface area contributed by atoms with E-state index in [1.165, 1.54) is 0 Å². The van der Waals surface area contributed by atoms with Crippen LogP contribution in [0.3, 0.4) is 0 Å². The van der Waals surface area contributed by atoms with Crippen LogP contribution < -0.4 is 11.1 Å². The van der Waals surface area contributed by atoms with Gasteiger partial charge < -0.3 is 11.1 Å². The van der Waals surface area contributed by atoms with E-state index in [1.54, 1.807) is 6.07 Å². The Hall–Kier alpha value is -0.770. The van der Waals surface area contributed by atoms with Gasteiger partial charge in [0.1, 0.15) is 0 Å². The molecule has 0 aliphatic heterocycles. The summed E-state index contributed by atoms with van der Waals surface area (Å²) >= 11 is 5.99. The van der Waals surface area contributed by atoms with Crippen LogP contribution in [0, 0.1) is 6.92 Å². The van der Waals surface area contributed by atoms with Crippen LogP contribution in [0.1, 0.15) is 18.4 Å². The van der Waals surface area contributed by atoms with Gasteiger partial charge in [0, 0.05) is 0 Å². The van der Waals surface area contributed by atoms with Crippen LogP contribution >= 0.6 is 24.0 Å². The third-order valence-electron chi connectivity index (χ3n) is 2.61. The summed E-state index contributed by atoms with van der Waals surface area (Å²) in [5, 5.41) is 3.29. The standard InChI is InChI=1S/C11H13ClN2O.ClH/c1-7-2-3-9(8(12)6-7)14-10(15)11(13)4-5-11;/h2-3,6H,4-5,13H2,1H3,(H,14,15);1H. The Labute approximate surface area is 106 Å². The van der Waals surface area contributed by atoms with Gasteiger partial charge in [0.05, 0.1) is 16.2 Å². The Morgan fingerprint density at radius 1 is 1.50 bits per heavy atom. The molecule has 0 saturated heterocycles. The fraction of sp³-hybridized carbons (Fsp3) is 0.364. The molecule has 1 fully saturated rings. The minimum absolute atomic E-state index is 0. The first-order chi connectivity index (χ1) is 7.01. The molecular formula is C11H14Cl2N2O. The molecule has 1 amide bonds. The van der Waals surface area contributed by atoms with E-state index < -0.39 is 5.54 Å². The highest BCUT2D eigenvalue weighted by molar-refractivity contribution is 6.33. The molecule has 2 rings (SSSR count). The Bertz CT molecular complexity index is 416. The van der Waals surface area contributed by atoms with E-state index >= 15 is 0 Å². The summed E-state index contributed by atoms with van der Waals surface area (Å²) < 4.78 is 0. The molecule has 0 radical (unpaired) electrons. The lowest BCUT2D eigenvalue weighted by molar-refractivity contribution is -0.118. The zero-order valence-electron chi connectivity index (χ0n) is 8.92. The minimum Gasteiger partial charge on any atom is -0.323 e. The van der Waals surface area contributed by atoms with Crippen LogP contribution in [0.2, 0.25) is 5.02 Å². The van der Waals surface area contributed by atoms with Crippen molar-refractivity contribution in [1.29, 1.82) is 0 Å². The molecule has 3 nitrogen and oxygen atoms in total. The van der Waals surface area contributed by atoms with Gasteiger partial charge in [-0.15, -0.1) is 12.4 Å². The average Bonchev–Trinajstić information content (AvgIpc) is 2.90. The molecule has 0 spiro atoms. The second kappa shape index (κ2) is 4.62. The molecule has 1 saturated carbocycles. The lowest BCUT2D eigenvalue weighted by atomic mass is 10.2. The van der Waals surface area contributed by atoms with Gasteiger partial charge in [-0.3, -0.25) is 4.79 Å². The molecule has 1 aliphatic carbocycles. The SMILES string of the molecule is Cc1ccc(NC(=O)C2(N)CC2)c(Cl)c1.Cl. The van der Waals surface area contributed by atoms with Crippen molar-refractivity contribution in [3.8, 4) is 0 Å². The smallest absolute Gasteiger partial charge is 0.244 e. The van der Waals surface area contributed by atoms with Crippen LogP contribution in [0.15, 0.2) is 18.2 Å². The summed E-state index contributed by atoms with van der Waals surface area (Å²) in [7, 11) is 0. The summed E-state index contributed by atoms with van der Waals surface area (Å²) in [6, 6.07) is 5.51. The highest BCUT2D eigenvalue weighted by Gasteiger charge is 2.46. The summed E-state index contributed by atoms with van der Waals surface area (Å²) in [5.74, 6) is -0.145. The third-order valence-corrected chi connectivity index (χ3v) is 2.93. The van der Waals surface area contributed by atoms with Crippen molar-refractivity contribution < 1.29 is 4.79 Å². The number of benzene rings is 1. The first kappa shape index (κ1) is 13.3. The van der Waals surface area contributed by atoms with Crippen molar-refractivity contribution in [2.45, 2.75) is 25.3 Å². The monoisotopic (exact) mass is 260 g/mol. The first-order valence-electron chi connectivity index (χ1n) is 4.88. The van der Waals surface area contributed by atoms with Crippen molar-refractivity contribution in [2.75, 3.05) is 5.32 Å². The predicted molar refractivity (Wildman–Crippen MR) is 68.2 cm³/mol. The van der Waals surface area contributed by atoms with E-state index in [0.717, 1.165) is 18.4 Å². The second-order valence-corrected chi connectivity index (χ2v) is 4.50. The van der Waals surface area contributed by atoms with E-state index in [9.17, 15) is 4.79 Å². The van der Waals surface area contributed by atoms with E-state index in [0.29, 0.717) is 10.7 Å². The number of anilines is 1. The van der Waals surface area contributed by atoms with Crippen LogP contribution in [0.4, 0.5) is 5.69 Å². The molecule has 0 heterocycles. The maximum Gasteiger partial charge on any atom is 0.244 e. The van der Waals surface area contributed by atoms with Gasteiger partial charge in [0.25, 0.3) is 0 Å². The molecule has 5 heteroatoms. The normalized spacial score (nSPS) is 16.2. The number of carbonyl (C=O) groups is 1. The summed E-state index contributed by atoms with van der Waals surface area (Å²) in [6.07, 6.45) is 1.50. The lowest BCUT2D eigenvalue weighted by Gasteiger charge is -2.11. The molecule has 0 aromatic heterocycles. The van der Waals surface area contributed by atoms with Gasteiger partial charge >= 0.3 is 0 Å². The summed E-state index contributed by atoms with van der Waals surface area (Å²) in [6.45, 7) is 1.95. The highest BCUT2D eigenvalue weighted by atomic mass is 35.5. The number of carbonyl (C=O) groups excluding carboxylic acids is 1. The molecule has 88 valence electrons. The van der Waals surface area contributed by atoms with E-state index in [-0.39, 0.29) is 18.3 Å². The molecule has 16 heavy (non-hydrogen) atoms. The van der Waals surface area contributed by atoms with Crippen LogP contribution in [0.25, 0.3) is 0 Å². The number of aryl methyl sites for hydroxylation is 1. The maximum atomic E-state index is 11.6. The molecular weight excluding hydrogens is 247 g/mol. The largest absolute Gasteiger partial charge is 0.323 e. The van der Waals surface area contributed by atoms with Crippen molar-refractivity contribution in [2.24, 2.45) is 5.73 Å². The molecule has 1 aromatic rings. The van der Waals surface area contributed by atoms with Crippen LogP contribution in [-0.2, 0) is 4.79 Å². The number of amides is 1. The van der Waals surface area contributed by atoms with Crippen molar-refractivity contribution in [3.05, 3.63) is 28.8 Å². The van der Waals surface area contributed by atoms with E-state index in [2.05, 4.69) is 5.32 Å². The van der Waals surface area contributed by atoms with Crippen LogP contribution in [-0.4, -0.2) is 11.4 Å². The van der Waals surface area contributed by atoms with Gasteiger partial charge in [-0.05, 0) is 37.5 Å². The van der Waals surface area contributed by atoms with Crippen molar-refractivity contribution >= 4 is 35.6 Å². The average molecular weight is 261 g/mol. The van der Waals surface area contributed by atoms with Gasteiger partial charge in [0.2, 0.25) is 5.91 Å². The number of nitrogens with one attached hydrogen (secondary N) is 1. The van der Waals surface area contributed by atoms with Crippen molar-refractivity contribution in [1.82, 2.24) is 0 Å². The molecule has 1 aromatic carbocycles. The topological polar surface area (TPSA) is 55.1 Å². The Morgan fingerprint density at radius 2 is 2.12 bits per heavy atom. The zero-order valence-corrected chi connectivity index (χ0v) is 10.5. The number of halogens is 2. The molecule has 3 N–H and O–H groups in total. The molecule has 1 aliphatic rings. The molecule has 0 bridgehead atoms. The Morgan fingerprint density at radius 3 is 2.62 bits per heavy atom. The van der Waals surface area contributed by atoms with Crippen LogP contribution in [0.5, 0.6) is 0 Å². The fourth-order valence-electron chi connectivity index (χ4n) is 1.33. The van der Waals surface area contributed by atoms with E-state index in [1.807, 2.05) is 19.1 Å². The van der Waals surface area contributed by atoms with E-state index in [4.69, 9.17) is 17.3 Å². The Balaban J connectivity index is 0.00000128. The lowest BCUT2D eigenvalue weighted by Crippen LogP contribution is -2.37. The number of hydrogen-bond acceptors (Lipinski definition) is 2. The summed E-state index contributed by atoms with van der Waals surface area (Å²) in [5.41, 5.74) is 6.79. The fourth-order valence-corrected chi connectivity index (χ4v) is 1.61.